The number of aryl methyl sites for hydroxylation is 1. The minimum atomic E-state index is -4.05. The number of hydrogen-bond acceptors (Lipinski definition) is 3. The van der Waals surface area contributed by atoms with E-state index in [4.69, 9.17) is 21.9 Å². The SMILES string of the molecule is Cc1ccc(S(=O)(=O)/N=C(\N=[N+]=[N-])Oc2ccc(Cl)cc2)cc1. The number of ether oxygens (including phenoxy) is 1. The largest absolute Gasteiger partial charge is 0.437 e. The zero-order chi connectivity index (χ0) is 16.9. The molecule has 0 aliphatic rings. The van der Waals surface area contributed by atoms with Gasteiger partial charge in [0.25, 0.3) is 16.0 Å². The highest BCUT2D eigenvalue weighted by Crippen LogP contribution is 2.18. The minimum Gasteiger partial charge on any atom is -0.437 e. The fraction of sp³-hybridized carbons (Fsp3) is 0.0714. The molecule has 0 amide bonds. The molecule has 2 aromatic rings. The van der Waals surface area contributed by atoms with Crippen molar-refractivity contribution >= 4 is 27.6 Å². The highest BCUT2D eigenvalue weighted by atomic mass is 35.5. The van der Waals surface area contributed by atoms with E-state index in [1.54, 1.807) is 24.3 Å². The van der Waals surface area contributed by atoms with Gasteiger partial charge in [-0.2, -0.15) is 8.42 Å². The monoisotopic (exact) mass is 350 g/mol. The van der Waals surface area contributed by atoms with Crippen LogP contribution in [0.15, 0.2) is 62.9 Å². The number of hydrogen-bond donors (Lipinski definition) is 0. The second kappa shape index (κ2) is 7.15. The van der Waals surface area contributed by atoms with Crippen molar-refractivity contribution in [1.29, 1.82) is 0 Å². The fourth-order valence-electron chi connectivity index (χ4n) is 1.57. The highest BCUT2D eigenvalue weighted by molar-refractivity contribution is 7.90. The van der Waals surface area contributed by atoms with E-state index in [1.807, 2.05) is 6.92 Å². The summed E-state index contributed by atoms with van der Waals surface area (Å²) in [5, 5.41) is 3.64. The molecule has 23 heavy (non-hydrogen) atoms. The first-order valence-corrected chi connectivity index (χ1v) is 8.13. The Balaban J connectivity index is 2.35. The molecule has 118 valence electrons. The molecule has 0 saturated carbocycles. The molecule has 2 rings (SSSR count). The molecule has 0 atom stereocenters. The Hall–Kier alpha value is -2.54. The van der Waals surface area contributed by atoms with Gasteiger partial charge in [0, 0.05) is 9.93 Å². The molecule has 0 N–H and O–H groups in total. The topological polar surface area (TPSA) is 104 Å². The van der Waals surface area contributed by atoms with Crippen LogP contribution in [0.25, 0.3) is 10.4 Å². The molecule has 2 aromatic carbocycles. The van der Waals surface area contributed by atoms with Crippen LogP contribution in [0.2, 0.25) is 5.02 Å². The Morgan fingerprint density at radius 3 is 2.30 bits per heavy atom. The van der Waals surface area contributed by atoms with Gasteiger partial charge in [0.1, 0.15) is 5.75 Å². The molecular formula is C14H11ClN4O3S. The number of azide groups is 1. The van der Waals surface area contributed by atoms with E-state index in [0.717, 1.165) is 5.56 Å². The van der Waals surface area contributed by atoms with Gasteiger partial charge in [0.05, 0.1) is 4.90 Å². The van der Waals surface area contributed by atoms with E-state index in [0.29, 0.717) is 5.02 Å². The van der Waals surface area contributed by atoms with E-state index in [1.165, 1.54) is 24.3 Å². The molecule has 0 aliphatic heterocycles. The number of amidine groups is 1. The lowest BCUT2D eigenvalue weighted by Crippen LogP contribution is -2.09. The third kappa shape index (κ3) is 4.72. The predicted molar refractivity (Wildman–Crippen MR) is 87.0 cm³/mol. The van der Waals surface area contributed by atoms with Crippen molar-refractivity contribution in [3.05, 3.63) is 69.6 Å². The Kier molecular flexibility index (Phi) is 5.23. The van der Waals surface area contributed by atoms with Gasteiger partial charge in [0.15, 0.2) is 0 Å². The van der Waals surface area contributed by atoms with Gasteiger partial charge in [-0.25, -0.2) is 0 Å². The molecule has 9 heteroatoms. The summed E-state index contributed by atoms with van der Waals surface area (Å²) in [6.45, 7) is 1.83. The number of benzene rings is 2. The zero-order valence-electron chi connectivity index (χ0n) is 11.9. The predicted octanol–water partition coefficient (Wildman–Crippen LogP) is 4.08. The maximum Gasteiger partial charge on any atom is 0.295 e. The average molecular weight is 351 g/mol. The first-order chi connectivity index (χ1) is 10.9. The van der Waals surface area contributed by atoms with Crippen molar-refractivity contribution in [3.63, 3.8) is 0 Å². The summed E-state index contributed by atoms with van der Waals surface area (Å²) in [4.78, 5) is 2.49. The maximum absolute atomic E-state index is 12.2. The first kappa shape index (κ1) is 16.8. The van der Waals surface area contributed by atoms with E-state index in [-0.39, 0.29) is 10.6 Å². The molecule has 0 bridgehead atoms. The van der Waals surface area contributed by atoms with E-state index < -0.39 is 16.0 Å². The van der Waals surface area contributed by atoms with Crippen LogP contribution in [-0.4, -0.2) is 14.4 Å². The second-order valence-corrected chi connectivity index (χ2v) is 6.45. The van der Waals surface area contributed by atoms with E-state index >= 15 is 0 Å². The molecule has 0 radical (unpaired) electrons. The summed E-state index contributed by atoms with van der Waals surface area (Å²) in [6.07, 6.45) is 0. The van der Waals surface area contributed by atoms with Crippen LogP contribution >= 0.6 is 11.6 Å². The molecule has 0 spiro atoms. The first-order valence-electron chi connectivity index (χ1n) is 6.31. The third-order valence-electron chi connectivity index (χ3n) is 2.67. The van der Waals surface area contributed by atoms with Gasteiger partial charge < -0.3 is 4.74 Å². The van der Waals surface area contributed by atoms with E-state index in [2.05, 4.69) is 14.4 Å². The summed E-state index contributed by atoms with van der Waals surface area (Å²) in [7, 11) is -4.05. The number of sulfonamides is 1. The smallest absolute Gasteiger partial charge is 0.295 e. The average Bonchev–Trinajstić information content (AvgIpc) is 2.50. The minimum absolute atomic E-state index is 0.0338. The summed E-state index contributed by atoms with van der Waals surface area (Å²) in [5.41, 5.74) is 9.45. The van der Waals surface area contributed by atoms with Gasteiger partial charge in [-0.05, 0) is 54.0 Å². The maximum atomic E-state index is 12.2. The lowest BCUT2D eigenvalue weighted by Gasteiger charge is -2.05. The van der Waals surface area contributed by atoms with Crippen LogP contribution in [-0.2, 0) is 10.0 Å². The summed E-state index contributed by atoms with van der Waals surface area (Å²) < 4.78 is 33.0. The van der Waals surface area contributed by atoms with Gasteiger partial charge in [-0.15, -0.1) is 4.40 Å². The zero-order valence-corrected chi connectivity index (χ0v) is 13.5. The normalized spacial score (nSPS) is 11.7. The molecule has 0 fully saturated rings. The molecule has 7 nitrogen and oxygen atoms in total. The van der Waals surface area contributed by atoms with Gasteiger partial charge in [-0.1, -0.05) is 29.3 Å². The number of halogens is 1. The van der Waals surface area contributed by atoms with Crippen LogP contribution < -0.4 is 4.74 Å². The lowest BCUT2D eigenvalue weighted by atomic mass is 10.2. The fourth-order valence-corrected chi connectivity index (χ4v) is 2.56. The van der Waals surface area contributed by atoms with Crippen molar-refractivity contribution in [1.82, 2.24) is 0 Å². The Morgan fingerprint density at radius 2 is 1.74 bits per heavy atom. The van der Waals surface area contributed by atoms with Gasteiger partial charge >= 0.3 is 0 Å². The Bertz CT molecular complexity index is 871. The summed E-state index contributed by atoms with van der Waals surface area (Å²) in [5.74, 6) is 0.236. The van der Waals surface area contributed by atoms with Crippen LogP contribution in [0.3, 0.4) is 0 Å². The summed E-state index contributed by atoms with van der Waals surface area (Å²) >= 11 is 5.74. The molecule has 0 aliphatic carbocycles. The van der Waals surface area contributed by atoms with Crippen LogP contribution in [0.1, 0.15) is 5.56 Å². The van der Waals surface area contributed by atoms with Gasteiger partial charge in [-0.3, -0.25) is 0 Å². The van der Waals surface area contributed by atoms with Gasteiger partial charge in [0.2, 0.25) is 0 Å². The highest BCUT2D eigenvalue weighted by Gasteiger charge is 2.15. The summed E-state index contributed by atoms with van der Waals surface area (Å²) in [6, 6.07) is 11.5. The van der Waals surface area contributed by atoms with Crippen LogP contribution in [0, 0.1) is 6.92 Å². The van der Waals surface area contributed by atoms with Crippen LogP contribution in [0.4, 0.5) is 0 Å². The van der Waals surface area contributed by atoms with Crippen molar-refractivity contribution in [3.8, 4) is 5.75 Å². The van der Waals surface area contributed by atoms with Crippen molar-refractivity contribution < 1.29 is 13.2 Å². The molecular weight excluding hydrogens is 340 g/mol. The number of nitrogens with zero attached hydrogens (tertiary/aromatic N) is 4. The Labute approximate surface area is 137 Å². The molecule has 0 unspecified atom stereocenters. The Morgan fingerprint density at radius 1 is 1.13 bits per heavy atom. The molecule has 0 saturated heterocycles. The number of rotatable bonds is 3. The lowest BCUT2D eigenvalue weighted by molar-refractivity contribution is 0.540. The van der Waals surface area contributed by atoms with Crippen LogP contribution in [0.5, 0.6) is 5.75 Å². The molecule has 0 aromatic heterocycles. The standard InChI is InChI=1S/C14H11ClN4O3S/c1-10-2-8-13(9-3-10)23(20,21)18-14(17-19-16)22-12-6-4-11(15)5-7-12/h2-9H,1H3/b18-14+. The van der Waals surface area contributed by atoms with Crippen molar-refractivity contribution in [2.45, 2.75) is 11.8 Å². The molecule has 0 heterocycles. The third-order valence-corrected chi connectivity index (χ3v) is 4.19. The second-order valence-electron chi connectivity index (χ2n) is 4.41. The van der Waals surface area contributed by atoms with Crippen molar-refractivity contribution in [2.24, 2.45) is 9.51 Å². The van der Waals surface area contributed by atoms with Crippen molar-refractivity contribution in [2.75, 3.05) is 0 Å². The van der Waals surface area contributed by atoms with E-state index in [9.17, 15) is 8.42 Å². The quantitative estimate of drug-likeness (QED) is 0.274.